The molecule has 0 aromatic heterocycles. The average molecular weight is 354 g/mol. The Bertz CT molecular complexity index is 677. The molecule has 1 aliphatic rings. The van der Waals surface area contributed by atoms with Crippen LogP contribution in [-0.2, 0) is 0 Å². The SMILES string of the molecule is CNC1CC(c2ccc(Br)cc2F)Oc2cc(F)ccc21. The monoisotopic (exact) mass is 353 g/mol. The molecule has 5 heteroatoms. The van der Waals surface area contributed by atoms with Crippen molar-refractivity contribution in [2.24, 2.45) is 0 Å². The summed E-state index contributed by atoms with van der Waals surface area (Å²) < 4.78 is 34.0. The van der Waals surface area contributed by atoms with Crippen molar-refractivity contribution in [3.05, 3.63) is 63.6 Å². The summed E-state index contributed by atoms with van der Waals surface area (Å²) in [7, 11) is 1.83. The molecule has 1 aliphatic heterocycles. The minimum absolute atomic E-state index is 0.00222. The summed E-state index contributed by atoms with van der Waals surface area (Å²) in [5.74, 6) is -0.225. The van der Waals surface area contributed by atoms with Gasteiger partial charge >= 0.3 is 0 Å². The first-order valence-electron chi connectivity index (χ1n) is 6.67. The number of fused-ring (bicyclic) bond motifs is 1. The van der Waals surface area contributed by atoms with Crippen molar-refractivity contribution in [2.75, 3.05) is 7.05 Å². The molecule has 110 valence electrons. The summed E-state index contributed by atoms with van der Waals surface area (Å²) in [5, 5.41) is 3.18. The summed E-state index contributed by atoms with van der Waals surface area (Å²) in [5.41, 5.74) is 1.38. The molecule has 21 heavy (non-hydrogen) atoms. The van der Waals surface area contributed by atoms with Gasteiger partial charge in [0.05, 0.1) is 0 Å². The molecule has 2 nitrogen and oxygen atoms in total. The number of nitrogens with one attached hydrogen (secondary N) is 1. The van der Waals surface area contributed by atoms with Gasteiger partial charge in [-0.05, 0) is 25.2 Å². The van der Waals surface area contributed by atoms with Crippen molar-refractivity contribution in [2.45, 2.75) is 18.6 Å². The lowest BCUT2D eigenvalue weighted by Crippen LogP contribution is -2.27. The molecule has 1 heterocycles. The van der Waals surface area contributed by atoms with Gasteiger partial charge in [-0.3, -0.25) is 0 Å². The van der Waals surface area contributed by atoms with Crippen LogP contribution in [0.25, 0.3) is 0 Å². The zero-order chi connectivity index (χ0) is 15.0. The van der Waals surface area contributed by atoms with E-state index in [1.807, 2.05) is 7.05 Å². The molecule has 0 saturated carbocycles. The van der Waals surface area contributed by atoms with E-state index in [0.29, 0.717) is 22.2 Å². The lowest BCUT2D eigenvalue weighted by Gasteiger charge is -2.32. The van der Waals surface area contributed by atoms with Crippen molar-refractivity contribution in [1.82, 2.24) is 5.32 Å². The second kappa shape index (κ2) is 5.73. The zero-order valence-corrected chi connectivity index (χ0v) is 13.0. The van der Waals surface area contributed by atoms with Crippen LogP contribution in [0.15, 0.2) is 40.9 Å². The highest BCUT2D eigenvalue weighted by atomic mass is 79.9. The standard InChI is InChI=1S/C16H14BrF2NO/c1-20-14-8-16(11-4-2-9(17)6-13(11)19)21-15-7-10(18)3-5-12(14)15/h2-7,14,16,20H,8H2,1H3. The second-order valence-electron chi connectivity index (χ2n) is 5.03. The van der Waals surface area contributed by atoms with Crippen LogP contribution in [0.4, 0.5) is 8.78 Å². The van der Waals surface area contributed by atoms with Gasteiger partial charge in [0, 0.05) is 34.1 Å². The van der Waals surface area contributed by atoms with Crippen molar-refractivity contribution in [3.63, 3.8) is 0 Å². The van der Waals surface area contributed by atoms with Gasteiger partial charge in [0.2, 0.25) is 0 Å². The number of halogens is 3. The van der Waals surface area contributed by atoms with Gasteiger partial charge in [0.15, 0.2) is 0 Å². The van der Waals surface area contributed by atoms with Gasteiger partial charge in [-0.1, -0.05) is 28.1 Å². The third-order valence-electron chi connectivity index (χ3n) is 3.73. The van der Waals surface area contributed by atoms with Gasteiger partial charge in [-0.25, -0.2) is 8.78 Å². The Labute approximate surface area is 130 Å². The summed E-state index contributed by atoms with van der Waals surface area (Å²) in [6, 6.07) is 9.35. The first kappa shape index (κ1) is 14.5. The smallest absolute Gasteiger partial charge is 0.131 e. The third-order valence-corrected chi connectivity index (χ3v) is 4.22. The maximum absolute atomic E-state index is 14.1. The van der Waals surface area contributed by atoms with Crippen molar-refractivity contribution >= 4 is 15.9 Å². The third kappa shape index (κ3) is 2.80. The summed E-state index contributed by atoms with van der Waals surface area (Å²) in [6.45, 7) is 0. The van der Waals surface area contributed by atoms with Crippen LogP contribution in [0.1, 0.15) is 29.7 Å². The van der Waals surface area contributed by atoms with E-state index in [-0.39, 0.29) is 17.7 Å². The Hall–Kier alpha value is -1.46. The van der Waals surface area contributed by atoms with E-state index in [9.17, 15) is 8.78 Å². The predicted molar refractivity (Wildman–Crippen MR) is 80.3 cm³/mol. The first-order chi connectivity index (χ1) is 10.1. The van der Waals surface area contributed by atoms with Crippen LogP contribution >= 0.6 is 15.9 Å². The largest absolute Gasteiger partial charge is 0.485 e. The van der Waals surface area contributed by atoms with Gasteiger partial charge in [-0.2, -0.15) is 0 Å². The van der Waals surface area contributed by atoms with E-state index in [1.54, 1.807) is 18.2 Å². The van der Waals surface area contributed by atoms with E-state index in [1.165, 1.54) is 18.2 Å². The van der Waals surface area contributed by atoms with E-state index >= 15 is 0 Å². The van der Waals surface area contributed by atoms with Crippen LogP contribution in [0.3, 0.4) is 0 Å². The lowest BCUT2D eigenvalue weighted by atomic mass is 9.93. The van der Waals surface area contributed by atoms with Crippen molar-refractivity contribution < 1.29 is 13.5 Å². The number of benzene rings is 2. The molecule has 2 atom stereocenters. The van der Waals surface area contributed by atoms with Crippen LogP contribution in [0.2, 0.25) is 0 Å². The highest BCUT2D eigenvalue weighted by molar-refractivity contribution is 9.10. The van der Waals surface area contributed by atoms with Crippen molar-refractivity contribution in [3.8, 4) is 5.75 Å². The quantitative estimate of drug-likeness (QED) is 0.857. The molecule has 2 unspecified atom stereocenters. The molecule has 0 spiro atoms. The normalized spacial score (nSPS) is 20.8. The van der Waals surface area contributed by atoms with E-state index in [4.69, 9.17) is 4.74 Å². The highest BCUT2D eigenvalue weighted by Gasteiger charge is 2.30. The van der Waals surface area contributed by atoms with E-state index in [2.05, 4.69) is 21.2 Å². The predicted octanol–water partition coefficient (Wildman–Crippen LogP) is 4.51. The topological polar surface area (TPSA) is 21.3 Å². The summed E-state index contributed by atoms with van der Waals surface area (Å²) in [6.07, 6.45) is 0.151. The Morgan fingerprint density at radius 3 is 2.62 bits per heavy atom. The lowest BCUT2D eigenvalue weighted by molar-refractivity contribution is 0.149. The fourth-order valence-corrected chi connectivity index (χ4v) is 3.00. The Morgan fingerprint density at radius 2 is 1.90 bits per heavy atom. The average Bonchev–Trinajstić information content (AvgIpc) is 2.45. The van der Waals surface area contributed by atoms with Crippen molar-refractivity contribution in [1.29, 1.82) is 0 Å². The Morgan fingerprint density at radius 1 is 1.14 bits per heavy atom. The fourth-order valence-electron chi connectivity index (χ4n) is 2.67. The minimum Gasteiger partial charge on any atom is -0.485 e. The van der Waals surface area contributed by atoms with Crippen LogP contribution in [-0.4, -0.2) is 7.05 Å². The molecule has 2 aromatic carbocycles. The van der Waals surface area contributed by atoms with E-state index < -0.39 is 6.10 Å². The van der Waals surface area contributed by atoms with E-state index in [0.717, 1.165) is 5.56 Å². The van der Waals surface area contributed by atoms with Crippen LogP contribution in [0, 0.1) is 11.6 Å². The minimum atomic E-state index is -0.440. The molecule has 0 saturated heterocycles. The molecular weight excluding hydrogens is 340 g/mol. The maximum atomic E-state index is 14.1. The molecular formula is C16H14BrF2NO. The second-order valence-corrected chi connectivity index (χ2v) is 5.95. The fraction of sp³-hybridized carbons (Fsp3) is 0.250. The first-order valence-corrected chi connectivity index (χ1v) is 7.46. The molecule has 1 N–H and O–H groups in total. The number of hydrogen-bond acceptors (Lipinski definition) is 2. The molecule has 0 aliphatic carbocycles. The van der Waals surface area contributed by atoms with Gasteiger partial charge in [-0.15, -0.1) is 0 Å². The molecule has 0 radical (unpaired) electrons. The number of hydrogen-bond donors (Lipinski definition) is 1. The molecule has 0 amide bonds. The van der Waals surface area contributed by atoms with Crippen LogP contribution < -0.4 is 10.1 Å². The van der Waals surface area contributed by atoms with Gasteiger partial charge in [0.25, 0.3) is 0 Å². The highest BCUT2D eigenvalue weighted by Crippen LogP contribution is 2.41. The maximum Gasteiger partial charge on any atom is 0.131 e. The van der Waals surface area contributed by atoms with Gasteiger partial charge < -0.3 is 10.1 Å². The molecule has 0 fully saturated rings. The van der Waals surface area contributed by atoms with Gasteiger partial charge in [0.1, 0.15) is 23.5 Å². The summed E-state index contributed by atoms with van der Waals surface area (Å²) in [4.78, 5) is 0. The number of ether oxygens (including phenoxy) is 1. The molecule has 3 rings (SSSR count). The molecule has 0 bridgehead atoms. The summed E-state index contributed by atoms with van der Waals surface area (Å²) >= 11 is 3.24. The Balaban J connectivity index is 1.99. The molecule has 2 aromatic rings. The zero-order valence-electron chi connectivity index (χ0n) is 11.4. The number of rotatable bonds is 2. The Kier molecular flexibility index (Phi) is 3.95. The van der Waals surface area contributed by atoms with Crippen LogP contribution in [0.5, 0.6) is 5.75 Å².